The molecule has 1 aliphatic rings. The molecule has 1 aromatic rings. The summed E-state index contributed by atoms with van der Waals surface area (Å²) in [4.78, 5) is 0. The van der Waals surface area contributed by atoms with E-state index in [0.717, 1.165) is 6.07 Å². The van der Waals surface area contributed by atoms with Gasteiger partial charge in [-0.2, -0.15) is 0 Å². The molecule has 0 aliphatic heterocycles. The maximum atomic E-state index is 12.9. The van der Waals surface area contributed by atoms with E-state index < -0.39 is 12.9 Å². The summed E-state index contributed by atoms with van der Waals surface area (Å²) in [6.07, 6.45) is 2.38. The number of hydrogen-bond acceptors (Lipinski definition) is 4. The van der Waals surface area contributed by atoms with Crippen LogP contribution >= 0.6 is 0 Å². The smallest absolute Gasteiger partial charge is 0.468 e. The average Bonchev–Trinajstić information content (AvgIpc) is 3.09. The van der Waals surface area contributed by atoms with Crippen molar-refractivity contribution in [2.24, 2.45) is 5.92 Å². The Morgan fingerprint density at radius 2 is 2.12 bits per heavy atom. The molecular weight excluding hydrogens is 226 g/mol. The van der Waals surface area contributed by atoms with Crippen molar-refractivity contribution in [2.75, 3.05) is 13.4 Å². The van der Waals surface area contributed by atoms with E-state index in [-0.39, 0.29) is 18.0 Å². The van der Waals surface area contributed by atoms with Gasteiger partial charge in [0.05, 0.1) is 6.61 Å². The quantitative estimate of drug-likeness (QED) is 0.425. The Labute approximate surface area is 99.1 Å². The van der Waals surface area contributed by atoms with E-state index in [2.05, 4.69) is 0 Å². The zero-order valence-electron chi connectivity index (χ0n) is 9.30. The van der Waals surface area contributed by atoms with Gasteiger partial charge >= 0.3 is 7.12 Å². The molecule has 6 heteroatoms. The molecular formula is C11H14BFO4. The maximum Gasteiger partial charge on any atom is 0.492 e. The maximum absolute atomic E-state index is 12.9. The van der Waals surface area contributed by atoms with Crippen molar-refractivity contribution >= 4 is 12.6 Å². The van der Waals surface area contributed by atoms with E-state index in [9.17, 15) is 4.39 Å². The predicted octanol–water partition coefficient (Wildman–Crippen LogP) is 0.268. The molecule has 0 spiro atoms. The average molecular weight is 240 g/mol. The summed E-state index contributed by atoms with van der Waals surface area (Å²) in [6.45, 7) is 0.681. The second-order valence-corrected chi connectivity index (χ2v) is 4.13. The summed E-state index contributed by atoms with van der Waals surface area (Å²) in [5, 5.41) is 18.1. The van der Waals surface area contributed by atoms with E-state index in [1.807, 2.05) is 0 Å². The monoisotopic (exact) mass is 240 g/mol. The first-order chi connectivity index (χ1) is 8.16. The minimum absolute atomic E-state index is 0.0000203. The van der Waals surface area contributed by atoms with Crippen LogP contribution in [0.15, 0.2) is 18.2 Å². The Balaban J connectivity index is 1.89. The van der Waals surface area contributed by atoms with Crippen molar-refractivity contribution in [1.82, 2.24) is 0 Å². The Morgan fingerprint density at radius 3 is 2.76 bits per heavy atom. The van der Waals surface area contributed by atoms with Crippen LogP contribution < -0.4 is 10.2 Å². The SMILES string of the molecule is OB(O)c1cc(F)ccc1OCOCC1CC1. The molecule has 0 bridgehead atoms. The van der Waals surface area contributed by atoms with Crippen LogP contribution in [0.3, 0.4) is 0 Å². The van der Waals surface area contributed by atoms with Gasteiger partial charge in [0.2, 0.25) is 0 Å². The van der Waals surface area contributed by atoms with Crippen LogP contribution in [0.5, 0.6) is 5.75 Å². The first kappa shape index (κ1) is 12.4. The summed E-state index contributed by atoms with van der Waals surface area (Å²) in [6, 6.07) is 3.58. The van der Waals surface area contributed by atoms with E-state index in [4.69, 9.17) is 19.5 Å². The molecule has 1 aromatic carbocycles. The largest absolute Gasteiger partial charge is 0.492 e. The molecule has 17 heavy (non-hydrogen) atoms. The van der Waals surface area contributed by atoms with Gasteiger partial charge in [0.25, 0.3) is 0 Å². The van der Waals surface area contributed by atoms with Gasteiger partial charge in [0.1, 0.15) is 11.6 Å². The van der Waals surface area contributed by atoms with Gasteiger partial charge in [0.15, 0.2) is 6.79 Å². The molecule has 0 heterocycles. The standard InChI is InChI=1S/C11H14BFO4/c13-9-3-4-11(10(5-9)12(14)15)17-7-16-6-8-1-2-8/h3-5,8,14-15H,1-2,6-7H2. The lowest BCUT2D eigenvalue weighted by Crippen LogP contribution is -2.32. The molecule has 0 atom stereocenters. The summed E-state index contributed by atoms with van der Waals surface area (Å²) in [7, 11) is -1.76. The molecule has 0 unspecified atom stereocenters. The molecule has 1 aliphatic carbocycles. The van der Waals surface area contributed by atoms with Crippen LogP contribution in [0.4, 0.5) is 4.39 Å². The second-order valence-electron chi connectivity index (χ2n) is 4.13. The van der Waals surface area contributed by atoms with Crippen LogP contribution in [0.25, 0.3) is 0 Å². The molecule has 0 amide bonds. The molecule has 4 nitrogen and oxygen atoms in total. The number of benzene rings is 1. The van der Waals surface area contributed by atoms with Gasteiger partial charge in [-0.15, -0.1) is 0 Å². The Kier molecular flexibility index (Phi) is 3.99. The van der Waals surface area contributed by atoms with Crippen LogP contribution in [0, 0.1) is 11.7 Å². The number of ether oxygens (including phenoxy) is 2. The lowest BCUT2D eigenvalue weighted by Gasteiger charge is -2.11. The topological polar surface area (TPSA) is 58.9 Å². The third-order valence-corrected chi connectivity index (χ3v) is 2.60. The summed E-state index contributed by atoms with van der Waals surface area (Å²) in [5.41, 5.74) is 0.0000203. The zero-order chi connectivity index (χ0) is 12.3. The molecule has 0 saturated heterocycles. The second kappa shape index (κ2) is 5.49. The van der Waals surface area contributed by atoms with Crippen LogP contribution in [-0.4, -0.2) is 30.6 Å². The highest BCUT2D eigenvalue weighted by molar-refractivity contribution is 6.59. The van der Waals surface area contributed by atoms with Crippen LogP contribution in [-0.2, 0) is 4.74 Å². The van der Waals surface area contributed by atoms with Crippen molar-refractivity contribution in [3.05, 3.63) is 24.0 Å². The molecule has 1 saturated carbocycles. The highest BCUT2D eigenvalue weighted by atomic mass is 19.1. The fourth-order valence-corrected chi connectivity index (χ4v) is 1.46. The highest BCUT2D eigenvalue weighted by Gasteiger charge is 2.21. The minimum Gasteiger partial charge on any atom is -0.468 e. The molecule has 92 valence electrons. The van der Waals surface area contributed by atoms with Crippen molar-refractivity contribution in [1.29, 1.82) is 0 Å². The van der Waals surface area contributed by atoms with Gasteiger partial charge in [-0.3, -0.25) is 0 Å². The summed E-state index contributed by atoms with van der Waals surface area (Å²) >= 11 is 0. The van der Waals surface area contributed by atoms with Gasteiger partial charge in [-0.25, -0.2) is 4.39 Å². The van der Waals surface area contributed by atoms with Crippen LogP contribution in [0.1, 0.15) is 12.8 Å². The third-order valence-electron chi connectivity index (χ3n) is 2.60. The molecule has 2 rings (SSSR count). The van der Waals surface area contributed by atoms with Crippen LogP contribution in [0.2, 0.25) is 0 Å². The fourth-order valence-electron chi connectivity index (χ4n) is 1.46. The Morgan fingerprint density at radius 1 is 1.35 bits per heavy atom. The number of rotatable bonds is 6. The van der Waals surface area contributed by atoms with Gasteiger partial charge < -0.3 is 19.5 Å². The van der Waals surface area contributed by atoms with E-state index >= 15 is 0 Å². The van der Waals surface area contributed by atoms with Crippen molar-refractivity contribution < 1.29 is 23.9 Å². The normalized spacial score (nSPS) is 14.8. The number of hydrogen-bond donors (Lipinski definition) is 2. The Hall–Kier alpha value is -1.11. The molecule has 1 fully saturated rings. The minimum atomic E-state index is -1.76. The number of halogens is 1. The Bertz CT molecular complexity index is 382. The lowest BCUT2D eigenvalue weighted by atomic mass is 9.79. The lowest BCUT2D eigenvalue weighted by molar-refractivity contribution is 0.0104. The van der Waals surface area contributed by atoms with E-state index in [1.54, 1.807) is 0 Å². The fraction of sp³-hybridized carbons (Fsp3) is 0.455. The zero-order valence-corrected chi connectivity index (χ0v) is 9.30. The van der Waals surface area contributed by atoms with Crippen molar-refractivity contribution in [3.8, 4) is 5.75 Å². The van der Waals surface area contributed by atoms with Gasteiger partial charge in [0, 0.05) is 5.46 Å². The first-order valence-corrected chi connectivity index (χ1v) is 5.53. The molecule has 0 aromatic heterocycles. The summed E-state index contributed by atoms with van der Waals surface area (Å²) < 4.78 is 23.4. The predicted molar refractivity (Wildman–Crippen MR) is 60.4 cm³/mol. The first-order valence-electron chi connectivity index (χ1n) is 5.53. The van der Waals surface area contributed by atoms with Crippen molar-refractivity contribution in [3.63, 3.8) is 0 Å². The van der Waals surface area contributed by atoms with Crippen molar-refractivity contribution in [2.45, 2.75) is 12.8 Å². The third kappa shape index (κ3) is 3.69. The molecule has 2 N–H and O–H groups in total. The van der Waals surface area contributed by atoms with E-state index in [0.29, 0.717) is 12.5 Å². The highest BCUT2D eigenvalue weighted by Crippen LogP contribution is 2.28. The summed E-state index contributed by atoms with van der Waals surface area (Å²) in [5.74, 6) is 0.311. The van der Waals surface area contributed by atoms with E-state index in [1.165, 1.54) is 25.0 Å². The van der Waals surface area contributed by atoms with Gasteiger partial charge in [-0.05, 0) is 37.0 Å². The van der Waals surface area contributed by atoms with Gasteiger partial charge in [-0.1, -0.05) is 0 Å². The molecule has 0 radical (unpaired) electrons.